The Morgan fingerprint density at radius 2 is 1.76 bits per heavy atom. The lowest BCUT2D eigenvalue weighted by Gasteiger charge is -2.35. The molecule has 1 heterocycles. The zero-order valence-electron chi connectivity index (χ0n) is 12.5. The molecule has 2 rings (SSSR count). The Bertz CT molecular complexity index is 505. The fourth-order valence-electron chi connectivity index (χ4n) is 2.33. The third-order valence-electron chi connectivity index (χ3n) is 3.28. The lowest BCUT2D eigenvalue weighted by atomic mass is 10.2. The molecule has 114 valence electrons. The number of benzene rings is 1. The number of hydrogen-bond acceptors (Lipinski definition) is 4. The second-order valence-corrected chi connectivity index (χ2v) is 5.15. The second kappa shape index (κ2) is 6.58. The van der Waals surface area contributed by atoms with E-state index in [4.69, 9.17) is 9.47 Å². The molecule has 2 unspecified atom stereocenters. The number of hydrogen-bond donors (Lipinski definition) is 1. The van der Waals surface area contributed by atoms with Crippen LogP contribution < -0.4 is 10.1 Å². The van der Waals surface area contributed by atoms with Crippen LogP contribution in [0.1, 0.15) is 24.2 Å². The highest BCUT2D eigenvalue weighted by molar-refractivity contribution is 6.04. The van der Waals surface area contributed by atoms with Gasteiger partial charge in [-0.1, -0.05) is 0 Å². The van der Waals surface area contributed by atoms with Gasteiger partial charge in [0.2, 0.25) is 0 Å². The number of morpholine rings is 1. The van der Waals surface area contributed by atoms with Crippen molar-refractivity contribution in [2.45, 2.75) is 26.1 Å². The molecular formula is C15H20N2O4. The molecule has 0 radical (unpaired) electrons. The summed E-state index contributed by atoms with van der Waals surface area (Å²) in [5.41, 5.74) is 0.415. The Morgan fingerprint density at radius 3 is 2.29 bits per heavy atom. The molecule has 1 fully saturated rings. The van der Waals surface area contributed by atoms with Gasteiger partial charge in [-0.3, -0.25) is 10.1 Å². The lowest BCUT2D eigenvalue weighted by Crippen LogP contribution is -2.52. The zero-order chi connectivity index (χ0) is 15.4. The van der Waals surface area contributed by atoms with Gasteiger partial charge in [0, 0.05) is 18.7 Å². The fraction of sp³-hybridized carbons (Fsp3) is 0.467. The summed E-state index contributed by atoms with van der Waals surface area (Å²) in [4.78, 5) is 25.7. The quantitative estimate of drug-likeness (QED) is 0.900. The average Bonchev–Trinajstić information content (AvgIpc) is 2.46. The third kappa shape index (κ3) is 3.95. The largest absolute Gasteiger partial charge is 0.497 e. The van der Waals surface area contributed by atoms with Gasteiger partial charge in [0.25, 0.3) is 5.91 Å². The molecule has 1 aromatic rings. The molecule has 0 bridgehead atoms. The molecule has 1 saturated heterocycles. The van der Waals surface area contributed by atoms with Gasteiger partial charge in [-0.25, -0.2) is 4.79 Å². The van der Waals surface area contributed by atoms with E-state index in [1.54, 1.807) is 36.3 Å². The van der Waals surface area contributed by atoms with Crippen LogP contribution in [0.3, 0.4) is 0 Å². The Morgan fingerprint density at radius 1 is 1.19 bits per heavy atom. The number of nitrogens with zero attached hydrogens (tertiary/aromatic N) is 1. The van der Waals surface area contributed by atoms with Crippen LogP contribution in [0.25, 0.3) is 0 Å². The van der Waals surface area contributed by atoms with Gasteiger partial charge in [0.15, 0.2) is 0 Å². The van der Waals surface area contributed by atoms with E-state index in [1.165, 1.54) is 0 Å². The molecule has 1 aliphatic rings. The molecule has 0 spiro atoms. The first-order valence-electron chi connectivity index (χ1n) is 6.89. The fourth-order valence-corrected chi connectivity index (χ4v) is 2.33. The van der Waals surface area contributed by atoms with Crippen LogP contribution in [0.2, 0.25) is 0 Å². The first kappa shape index (κ1) is 15.3. The molecule has 0 aliphatic carbocycles. The molecule has 6 nitrogen and oxygen atoms in total. The molecule has 2 atom stereocenters. The summed E-state index contributed by atoms with van der Waals surface area (Å²) >= 11 is 0. The van der Waals surface area contributed by atoms with E-state index in [9.17, 15) is 9.59 Å². The van der Waals surface area contributed by atoms with Crippen molar-refractivity contribution in [1.82, 2.24) is 10.2 Å². The van der Waals surface area contributed by atoms with E-state index in [0.29, 0.717) is 24.4 Å². The molecule has 0 aromatic heterocycles. The van der Waals surface area contributed by atoms with Crippen molar-refractivity contribution < 1.29 is 19.1 Å². The number of amides is 3. The molecule has 0 saturated carbocycles. The average molecular weight is 292 g/mol. The van der Waals surface area contributed by atoms with Gasteiger partial charge in [-0.05, 0) is 38.1 Å². The van der Waals surface area contributed by atoms with E-state index in [2.05, 4.69) is 5.32 Å². The number of urea groups is 1. The van der Waals surface area contributed by atoms with E-state index < -0.39 is 11.9 Å². The summed E-state index contributed by atoms with van der Waals surface area (Å²) in [5.74, 6) is 0.239. The minimum Gasteiger partial charge on any atom is -0.497 e. The van der Waals surface area contributed by atoms with E-state index in [0.717, 1.165) is 0 Å². The summed E-state index contributed by atoms with van der Waals surface area (Å²) in [7, 11) is 1.55. The van der Waals surface area contributed by atoms with Gasteiger partial charge in [-0.15, -0.1) is 0 Å². The number of imide groups is 1. The van der Waals surface area contributed by atoms with Crippen LogP contribution in [0, 0.1) is 0 Å². The Labute approximate surface area is 124 Å². The molecule has 1 aromatic carbocycles. The maximum atomic E-state index is 12.1. The topological polar surface area (TPSA) is 67.9 Å². The summed E-state index contributed by atoms with van der Waals surface area (Å²) in [6, 6.07) is 6.20. The predicted octanol–water partition coefficient (Wildman–Crippen LogP) is 1.65. The van der Waals surface area contributed by atoms with Crippen LogP contribution in [-0.2, 0) is 4.74 Å². The Balaban J connectivity index is 1.96. The Kier molecular flexibility index (Phi) is 4.80. The number of ether oxygens (including phenoxy) is 2. The molecular weight excluding hydrogens is 272 g/mol. The highest BCUT2D eigenvalue weighted by atomic mass is 16.5. The molecule has 3 amide bonds. The van der Waals surface area contributed by atoms with Crippen LogP contribution in [0.15, 0.2) is 24.3 Å². The normalized spacial score (nSPS) is 21.8. The van der Waals surface area contributed by atoms with E-state index >= 15 is 0 Å². The number of carbonyl (C=O) groups is 2. The van der Waals surface area contributed by atoms with Crippen LogP contribution in [0.4, 0.5) is 4.79 Å². The van der Waals surface area contributed by atoms with Gasteiger partial charge in [0.1, 0.15) is 5.75 Å². The zero-order valence-corrected chi connectivity index (χ0v) is 12.5. The maximum Gasteiger partial charge on any atom is 0.324 e. The summed E-state index contributed by atoms with van der Waals surface area (Å²) in [5, 5.41) is 2.40. The summed E-state index contributed by atoms with van der Waals surface area (Å²) < 4.78 is 10.6. The maximum absolute atomic E-state index is 12.1. The summed E-state index contributed by atoms with van der Waals surface area (Å²) in [6.07, 6.45) is -0.0637. The van der Waals surface area contributed by atoms with Crippen LogP contribution in [-0.4, -0.2) is 49.2 Å². The standard InChI is InChI=1S/C15H20N2O4/c1-10-8-17(9-11(2)21-10)15(19)16-14(18)12-4-6-13(20-3)7-5-12/h4-7,10-11H,8-9H2,1-3H3,(H,16,18,19). The third-order valence-corrected chi connectivity index (χ3v) is 3.28. The van der Waals surface area contributed by atoms with Crippen molar-refractivity contribution in [3.8, 4) is 5.75 Å². The lowest BCUT2D eigenvalue weighted by molar-refractivity contribution is -0.0543. The molecule has 1 N–H and O–H groups in total. The van der Waals surface area contributed by atoms with Gasteiger partial charge in [0.05, 0.1) is 19.3 Å². The van der Waals surface area contributed by atoms with E-state index in [-0.39, 0.29) is 12.2 Å². The predicted molar refractivity (Wildman–Crippen MR) is 77.4 cm³/mol. The van der Waals surface area contributed by atoms with Gasteiger partial charge < -0.3 is 14.4 Å². The van der Waals surface area contributed by atoms with Crippen molar-refractivity contribution in [3.63, 3.8) is 0 Å². The number of rotatable bonds is 2. The molecule has 1 aliphatic heterocycles. The Hall–Kier alpha value is -2.08. The van der Waals surface area contributed by atoms with Crippen molar-refractivity contribution in [2.24, 2.45) is 0 Å². The number of methoxy groups -OCH3 is 1. The first-order chi connectivity index (χ1) is 9.99. The van der Waals surface area contributed by atoms with Crippen molar-refractivity contribution in [3.05, 3.63) is 29.8 Å². The minimum absolute atomic E-state index is 0.0319. The number of nitrogens with one attached hydrogen (secondary N) is 1. The minimum atomic E-state index is -0.422. The molecule has 21 heavy (non-hydrogen) atoms. The smallest absolute Gasteiger partial charge is 0.324 e. The van der Waals surface area contributed by atoms with Crippen molar-refractivity contribution >= 4 is 11.9 Å². The SMILES string of the molecule is COc1ccc(C(=O)NC(=O)N2CC(C)OC(C)C2)cc1. The van der Waals surface area contributed by atoms with Crippen molar-refractivity contribution in [2.75, 3.05) is 20.2 Å². The molecule has 6 heteroatoms. The van der Waals surface area contributed by atoms with E-state index in [1.807, 2.05) is 13.8 Å². The first-order valence-corrected chi connectivity index (χ1v) is 6.89. The van der Waals surface area contributed by atoms with Crippen molar-refractivity contribution in [1.29, 1.82) is 0 Å². The van der Waals surface area contributed by atoms with Crippen LogP contribution in [0.5, 0.6) is 5.75 Å². The van der Waals surface area contributed by atoms with Gasteiger partial charge in [-0.2, -0.15) is 0 Å². The highest BCUT2D eigenvalue weighted by Crippen LogP contribution is 2.13. The highest BCUT2D eigenvalue weighted by Gasteiger charge is 2.26. The summed E-state index contributed by atoms with van der Waals surface area (Å²) in [6.45, 7) is 4.76. The monoisotopic (exact) mass is 292 g/mol. The number of carbonyl (C=O) groups excluding carboxylic acids is 2. The second-order valence-electron chi connectivity index (χ2n) is 5.15. The van der Waals surface area contributed by atoms with Crippen LogP contribution >= 0.6 is 0 Å². The van der Waals surface area contributed by atoms with Gasteiger partial charge >= 0.3 is 6.03 Å².